The number of carbonyl (C=O) groups is 2. The molecule has 2 aromatic carbocycles. The first-order valence-corrected chi connectivity index (χ1v) is 11.1. The van der Waals surface area contributed by atoms with Gasteiger partial charge in [0.25, 0.3) is 5.79 Å². The molecule has 0 unspecified atom stereocenters. The van der Waals surface area contributed by atoms with Crippen LogP contribution in [-0.4, -0.2) is 24.3 Å². The van der Waals surface area contributed by atoms with Crippen molar-refractivity contribution < 1.29 is 28.5 Å². The molecule has 1 saturated heterocycles. The van der Waals surface area contributed by atoms with Crippen molar-refractivity contribution in [2.75, 3.05) is 6.61 Å². The van der Waals surface area contributed by atoms with Crippen molar-refractivity contribution in [1.29, 1.82) is 5.26 Å². The van der Waals surface area contributed by atoms with Crippen LogP contribution in [0.25, 0.3) is 6.08 Å². The van der Waals surface area contributed by atoms with E-state index in [0.29, 0.717) is 42.1 Å². The molecule has 2 aliphatic rings. The summed E-state index contributed by atoms with van der Waals surface area (Å²) >= 11 is 0. The van der Waals surface area contributed by atoms with Crippen molar-refractivity contribution in [2.45, 2.75) is 51.4 Å². The summed E-state index contributed by atoms with van der Waals surface area (Å²) < 4.78 is 22.7. The smallest absolute Gasteiger partial charge is 0.348 e. The Morgan fingerprint density at radius 2 is 1.73 bits per heavy atom. The van der Waals surface area contributed by atoms with Crippen LogP contribution in [0, 0.1) is 11.3 Å². The number of hydrogen-bond acceptors (Lipinski definition) is 7. The standard InChI is InChI=1S/C26H25NO6/c1-2-30-23-15-18(10-11-22(23)31-17-20-9-5-4-8-19(20)16-27)14-21-24(28)32-26(33-25(21)29)12-6-3-7-13-26/h4-5,8-11,14-15H,2-3,6-7,12-13,17H2,1H3. The van der Waals surface area contributed by atoms with Gasteiger partial charge >= 0.3 is 11.9 Å². The average Bonchev–Trinajstić information content (AvgIpc) is 2.82. The van der Waals surface area contributed by atoms with Crippen LogP contribution in [0.15, 0.2) is 48.0 Å². The van der Waals surface area contributed by atoms with E-state index < -0.39 is 17.7 Å². The maximum atomic E-state index is 12.6. The Bertz CT molecular complexity index is 1100. The van der Waals surface area contributed by atoms with Crippen LogP contribution in [0.5, 0.6) is 11.5 Å². The average molecular weight is 447 g/mol. The molecule has 2 fully saturated rings. The van der Waals surface area contributed by atoms with Gasteiger partial charge in [-0.2, -0.15) is 5.26 Å². The lowest BCUT2D eigenvalue weighted by Crippen LogP contribution is -2.47. The molecule has 33 heavy (non-hydrogen) atoms. The number of hydrogen-bond donors (Lipinski definition) is 0. The molecule has 0 bridgehead atoms. The van der Waals surface area contributed by atoms with Gasteiger partial charge in [0.05, 0.1) is 18.2 Å². The largest absolute Gasteiger partial charge is 0.490 e. The molecule has 4 rings (SSSR count). The van der Waals surface area contributed by atoms with E-state index in [0.717, 1.165) is 24.8 Å². The van der Waals surface area contributed by atoms with Crippen molar-refractivity contribution in [3.05, 3.63) is 64.7 Å². The zero-order valence-electron chi connectivity index (χ0n) is 18.5. The minimum atomic E-state index is -1.11. The summed E-state index contributed by atoms with van der Waals surface area (Å²) in [6.45, 7) is 2.45. The zero-order chi connectivity index (χ0) is 23.3. The van der Waals surface area contributed by atoms with Crippen molar-refractivity contribution in [1.82, 2.24) is 0 Å². The highest BCUT2D eigenvalue weighted by atomic mass is 16.7. The van der Waals surface area contributed by atoms with Crippen LogP contribution in [0.2, 0.25) is 0 Å². The molecule has 0 aromatic heterocycles. The van der Waals surface area contributed by atoms with Gasteiger partial charge in [0.15, 0.2) is 11.5 Å². The van der Waals surface area contributed by atoms with Crippen molar-refractivity contribution in [2.24, 2.45) is 0 Å². The summed E-state index contributed by atoms with van der Waals surface area (Å²) in [4.78, 5) is 25.2. The first-order chi connectivity index (χ1) is 16.0. The van der Waals surface area contributed by atoms with E-state index in [2.05, 4.69) is 6.07 Å². The molecule has 1 saturated carbocycles. The first kappa shape index (κ1) is 22.4. The molecule has 0 amide bonds. The third kappa shape index (κ3) is 5.01. The lowest BCUT2D eigenvalue weighted by molar-refractivity contribution is -0.244. The summed E-state index contributed by atoms with van der Waals surface area (Å²) in [5.74, 6) is -1.50. The zero-order valence-corrected chi connectivity index (χ0v) is 18.5. The van der Waals surface area contributed by atoms with Gasteiger partial charge < -0.3 is 18.9 Å². The molecule has 1 heterocycles. The normalized spacial score (nSPS) is 17.0. The number of carbonyl (C=O) groups excluding carboxylic acids is 2. The highest BCUT2D eigenvalue weighted by Crippen LogP contribution is 2.38. The number of esters is 2. The van der Waals surface area contributed by atoms with Gasteiger partial charge in [-0.25, -0.2) is 9.59 Å². The number of rotatable bonds is 6. The second-order valence-electron chi connectivity index (χ2n) is 8.01. The van der Waals surface area contributed by atoms with E-state index in [4.69, 9.17) is 18.9 Å². The highest BCUT2D eigenvalue weighted by Gasteiger charge is 2.46. The van der Waals surface area contributed by atoms with E-state index in [-0.39, 0.29) is 12.2 Å². The molecule has 0 radical (unpaired) electrons. The first-order valence-electron chi connectivity index (χ1n) is 11.1. The third-order valence-corrected chi connectivity index (χ3v) is 5.71. The summed E-state index contributed by atoms with van der Waals surface area (Å²) in [6, 6.07) is 14.5. The third-order valence-electron chi connectivity index (χ3n) is 5.71. The van der Waals surface area contributed by atoms with Gasteiger partial charge in [0.1, 0.15) is 12.2 Å². The molecule has 7 nitrogen and oxygen atoms in total. The molecule has 170 valence electrons. The second-order valence-corrected chi connectivity index (χ2v) is 8.01. The van der Waals surface area contributed by atoms with Gasteiger partial charge in [-0.05, 0) is 49.6 Å². The minimum Gasteiger partial charge on any atom is -0.490 e. The van der Waals surface area contributed by atoms with Gasteiger partial charge in [-0.1, -0.05) is 30.7 Å². The van der Waals surface area contributed by atoms with Gasteiger partial charge in [-0.15, -0.1) is 0 Å². The predicted octanol–water partition coefficient (Wildman–Crippen LogP) is 4.68. The van der Waals surface area contributed by atoms with E-state index in [1.807, 2.05) is 19.1 Å². The molecule has 0 N–H and O–H groups in total. The topological polar surface area (TPSA) is 94.8 Å². The van der Waals surface area contributed by atoms with Gasteiger partial charge in [0.2, 0.25) is 0 Å². The van der Waals surface area contributed by atoms with Crippen LogP contribution in [0.3, 0.4) is 0 Å². The molecular formula is C26H25NO6. The number of nitrogens with zero attached hydrogens (tertiary/aromatic N) is 1. The van der Waals surface area contributed by atoms with E-state index in [1.165, 1.54) is 6.08 Å². The Labute approximate surface area is 192 Å². The highest BCUT2D eigenvalue weighted by molar-refractivity contribution is 6.18. The molecular weight excluding hydrogens is 422 g/mol. The second kappa shape index (κ2) is 9.78. The molecule has 1 aliphatic carbocycles. The van der Waals surface area contributed by atoms with Crippen LogP contribution in [0.1, 0.15) is 55.7 Å². The Balaban J connectivity index is 1.53. The van der Waals surface area contributed by atoms with E-state index >= 15 is 0 Å². The fourth-order valence-corrected chi connectivity index (χ4v) is 4.04. The number of nitriles is 1. The maximum Gasteiger partial charge on any atom is 0.348 e. The van der Waals surface area contributed by atoms with Crippen LogP contribution in [0.4, 0.5) is 0 Å². The van der Waals surface area contributed by atoms with Crippen molar-refractivity contribution >= 4 is 18.0 Å². The minimum absolute atomic E-state index is 0.148. The molecule has 1 aliphatic heterocycles. The SMILES string of the molecule is CCOc1cc(C=C2C(=O)OC3(CCCCC3)OC2=O)ccc1OCc1ccccc1C#N. The van der Waals surface area contributed by atoms with Gasteiger partial charge in [-0.3, -0.25) is 0 Å². The molecule has 7 heteroatoms. The van der Waals surface area contributed by atoms with Gasteiger partial charge in [0, 0.05) is 18.4 Å². The summed E-state index contributed by atoms with van der Waals surface area (Å²) in [5, 5.41) is 9.26. The summed E-state index contributed by atoms with van der Waals surface area (Å²) in [7, 11) is 0. The fourth-order valence-electron chi connectivity index (χ4n) is 4.04. The summed E-state index contributed by atoms with van der Waals surface area (Å²) in [6.07, 6.45) is 5.27. The number of ether oxygens (including phenoxy) is 4. The quantitative estimate of drug-likeness (QED) is 0.360. The number of benzene rings is 2. The molecule has 0 atom stereocenters. The van der Waals surface area contributed by atoms with E-state index in [9.17, 15) is 14.9 Å². The summed E-state index contributed by atoms with van der Waals surface area (Å²) in [5.41, 5.74) is 1.73. The van der Waals surface area contributed by atoms with E-state index in [1.54, 1.807) is 30.3 Å². The fraction of sp³-hybridized carbons (Fsp3) is 0.346. The predicted molar refractivity (Wildman–Crippen MR) is 119 cm³/mol. The Hall–Kier alpha value is -3.79. The maximum absolute atomic E-state index is 12.6. The van der Waals surface area contributed by atoms with Crippen molar-refractivity contribution in [3.8, 4) is 17.6 Å². The Morgan fingerprint density at radius 1 is 1.00 bits per heavy atom. The lowest BCUT2D eigenvalue weighted by atomic mass is 9.93. The van der Waals surface area contributed by atoms with Crippen LogP contribution >= 0.6 is 0 Å². The lowest BCUT2D eigenvalue weighted by Gasteiger charge is -2.38. The Morgan fingerprint density at radius 3 is 2.42 bits per heavy atom. The molecule has 1 spiro atoms. The molecule has 2 aromatic rings. The van der Waals surface area contributed by atoms with Crippen LogP contribution < -0.4 is 9.47 Å². The van der Waals surface area contributed by atoms with Crippen molar-refractivity contribution in [3.63, 3.8) is 0 Å². The Kier molecular flexibility index (Phi) is 6.64. The monoisotopic (exact) mass is 447 g/mol. The van der Waals surface area contributed by atoms with Crippen LogP contribution in [-0.2, 0) is 25.7 Å².